The van der Waals surface area contributed by atoms with E-state index < -0.39 is 0 Å². The maximum atomic E-state index is 13.5. The lowest BCUT2D eigenvalue weighted by Gasteiger charge is -2.23. The lowest BCUT2D eigenvalue weighted by Crippen LogP contribution is -2.20. The van der Waals surface area contributed by atoms with Crippen LogP contribution in [0.25, 0.3) is 0 Å². The molecule has 0 aliphatic rings. The first kappa shape index (κ1) is 11.1. The van der Waals surface area contributed by atoms with Crippen LogP contribution < -0.4 is 0 Å². The molecule has 0 radical (unpaired) electrons. The Balaban J connectivity index is 3.20. The van der Waals surface area contributed by atoms with E-state index in [0.29, 0.717) is 16.9 Å². The molecule has 0 saturated heterocycles. The van der Waals surface area contributed by atoms with Crippen molar-refractivity contribution in [3.05, 3.63) is 35.1 Å². The first-order valence-corrected chi connectivity index (χ1v) is 4.95. The fourth-order valence-corrected chi connectivity index (χ4v) is 1.39. The Hall–Kier alpha value is -1.01. The number of hydrogen-bond donors (Lipinski definition) is 1. The number of thiol groups is 1. The molecule has 0 amide bonds. The molecule has 1 aromatic rings. The quantitative estimate of drug-likeness (QED) is 0.744. The average molecular weight is 209 g/mol. The monoisotopic (exact) mass is 209 g/mol. The van der Waals surface area contributed by atoms with E-state index in [1.807, 2.05) is 19.9 Å². The molecule has 0 unspecified atom stereocenters. The molecule has 0 aliphatic carbocycles. The van der Waals surface area contributed by atoms with Crippen LogP contribution >= 0.6 is 12.6 Å². The van der Waals surface area contributed by atoms with E-state index in [4.69, 9.17) is 5.26 Å². The molecule has 0 atom stereocenters. The summed E-state index contributed by atoms with van der Waals surface area (Å²) < 4.78 is 13.5. The molecule has 0 aliphatic heterocycles. The third-order valence-corrected chi connectivity index (χ3v) is 3.01. The normalized spacial score (nSPS) is 11.1. The van der Waals surface area contributed by atoms with Crippen molar-refractivity contribution in [3.63, 3.8) is 0 Å². The fourth-order valence-electron chi connectivity index (χ4n) is 1.22. The average Bonchev–Trinajstić information content (AvgIpc) is 2.17. The predicted octanol–water partition coefficient (Wildman–Crippen LogP) is 2.90. The molecule has 3 heteroatoms. The van der Waals surface area contributed by atoms with Gasteiger partial charge in [-0.15, -0.1) is 0 Å². The number of benzene rings is 1. The minimum absolute atomic E-state index is 0.304. The summed E-state index contributed by atoms with van der Waals surface area (Å²) in [5.74, 6) is 0.235. The van der Waals surface area contributed by atoms with Crippen molar-refractivity contribution in [2.45, 2.75) is 19.3 Å². The van der Waals surface area contributed by atoms with E-state index in [0.717, 1.165) is 0 Å². The Labute approximate surface area is 89.0 Å². The third kappa shape index (κ3) is 2.08. The number of nitrogens with zero attached hydrogens (tertiary/aromatic N) is 1. The highest BCUT2D eigenvalue weighted by molar-refractivity contribution is 7.80. The van der Waals surface area contributed by atoms with Crippen LogP contribution in [0.5, 0.6) is 0 Å². The van der Waals surface area contributed by atoms with Gasteiger partial charge in [0.2, 0.25) is 0 Å². The third-order valence-electron chi connectivity index (χ3n) is 2.22. The molecule has 0 heterocycles. The van der Waals surface area contributed by atoms with Gasteiger partial charge in [-0.25, -0.2) is 4.39 Å². The van der Waals surface area contributed by atoms with Crippen LogP contribution in [-0.2, 0) is 5.41 Å². The minimum atomic E-state index is -0.330. The molecule has 0 N–H and O–H groups in total. The van der Waals surface area contributed by atoms with Crippen LogP contribution in [0.3, 0.4) is 0 Å². The first-order valence-electron chi connectivity index (χ1n) is 4.32. The lowest BCUT2D eigenvalue weighted by molar-refractivity contribution is 0.530. The van der Waals surface area contributed by atoms with E-state index in [-0.39, 0.29) is 11.2 Å². The Kier molecular flexibility index (Phi) is 3.17. The minimum Gasteiger partial charge on any atom is -0.207 e. The summed E-state index contributed by atoms with van der Waals surface area (Å²) in [5.41, 5.74) is 0.647. The summed E-state index contributed by atoms with van der Waals surface area (Å²) in [7, 11) is 0. The molecule has 0 saturated carbocycles. The van der Waals surface area contributed by atoms with E-state index in [9.17, 15) is 4.39 Å². The summed E-state index contributed by atoms with van der Waals surface area (Å²) in [6, 6.07) is 6.46. The van der Waals surface area contributed by atoms with Gasteiger partial charge in [-0.3, -0.25) is 0 Å². The Morgan fingerprint density at radius 1 is 1.50 bits per heavy atom. The number of halogens is 1. The van der Waals surface area contributed by atoms with Crippen molar-refractivity contribution in [2.24, 2.45) is 0 Å². The molecule has 1 nitrogen and oxygen atoms in total. The highest BCUT2D eigenvalue weighted by Crippen LogP contribution is 2.27. The summed E-state index contributed by atoms with van der Waals surface area (Å²) in [4.78, 5) is 0. The Morgan fingerprint density at radius 2 is 2.14 bits per heavy atom. The lowest BCUT2D eigenvalue weighted by atomic mass is 9.86. The zero-order chi connectivity index (χ0) is 10.8. The van der Waals surface area contributed by atoms with Crippen molar-refractivity contribution in [2.75, 3.05) is 5.75 Å². The zero-order valence-electron chi connectivity index (χ0n) is 8.21. The van der Waals surface area contributed by atoms with Crippen molar-refractivity contribution >= 4 is 12.6 Å². The van der Waals surface area contributed by atoms with Gasteiger partial charge in [0, 0.05) is 5.41 Å². The second-order valence-corrected chi connectivity index (χ2v) is 4.16. The molecule has 1 rings (SSSR count). The van der Waals surface area contributed by atoms with E-state index >= 15 is 0 Å². The van der Waals surface area contributed by atoms with Gasteiger partial charge in [-0.2, -0.15) is 17.9 Å². The van der Waals surface area contributed by atoms with E-state index in [1.165, 1.54) is 6.07 Å². The molecule has 0 bridgehead atoms. The molecular weight excluding hydrogens is 197 g/mol. The topological polar surface area (TPSA) is 23.8 Å². The number of nitriles is 1. The van der Waals surface area contributed by atoms with Crippen LogP contribution in [0.1, 0.15) is 25.0 Å². The summed E-state index contributed by atoms with van der Waals surface area (Å²) >= 11 is 4.18. The molecular formula is C11H12FNS. The number of rotatable bonds is 2. The van der Waals surface area contributed by atoms with Crippen molar-refractivity contribution in [1.82, 2.24) is 0 Å². The molecule has 0 spiro atoms. The standard InChI is InChI=1S/C11H12FNS/c1-11(2,7-14)9-4-3-8(6-13)5-10(9)12/h3-5,14H,7H2,1-2H3. The summed E-state index contributed by atoms with van der Waals surface area (Å²) in [6.45, 7) is 3.84. The van der Waals surface area contributed by atoms with E-state index in [1.54, 1.807) is 12.1 Å². The second kappa shape index (κ2) is 4.02. The zero-order valence-corrected chi connectivity index (χ0v) is 9.11. The molecule has 74 valence electrons. The molecule has 0 fully saturated rings. The van der Waals surface area contributed by atoms with Crippen molar-refractivity contribution in [3.8, 4) is 6.07 Å². The smallest absolute Gasteiger partial charge is 0.128 e. The molecule has 1 aromatic carbocycles. The molecule has 0 aromatic heterocycles. The van der Waals surface area contributed by atoms with Gasteiger partial charge < -0.3 is 0 Å². The highest BCUT2D eigenvalue weighted by atomic mass is 32.1. The maximum absolute atomic E-state index is 13.5. The van der Waals surface area contributed by atoms with Crippen LogP contribution in [0.2, 0.25) is 0 Å². The van der Waals surface area contributed by atoms with Gasteiger partial charge >= 0.3 is 0 Å². The van der Waals surface area contributed by atoms with Crippen molar-refractivity contribution in [1.29, 1.82) is 5.26 Å². The predicted molar refractivity (Wildman–Crippen MR) is 58.0 cm³/mol. The van der Waals surface area contributed by atoms with E-state index in [2.05, 4.69) is 12.6 Å². The van der Waals surface area contributed by atoms with Gasteiger partial charge in [-0.05, 0) is 23.4 Å². The van der Waals surface area contributed by atoms with Gasteiger partial charge in [0.1, 0.15) is 5.82 Å². The summed E-state index contributed by atoms with van der Waals surface area (Å²) in [6.07, 6.45) is 0. The van der Waals surface area contributed by atoms with Gasteiger partial charge in [-0.1, -0.05) is 19.9 Å². The highest BCUT2D eigenvalue weighted by Gasteiger charge is 2.22. The largest absolute Gasteiger partial charge is 0.207 e. The second-order valence-electron chi connectivity index (χ2n) is 3.85. The SMILES string of the molecule is CC(C)(CS)c1ccc(C#N)cc1F. The van der Waals surface area contributed by atoms with Gasteiger partial charge in [0.15, 0.2) is 0 Å². The van der Waals surface area contributed by atoms with Gasteiger partial charge in [0.25, 0.3) is 0 Å². The van der Waals surface area contributed by atoms with Crippen LogP contribution in [0.15, 0.2) is 18.2 Å². The van der Waals surface area contributed by atoms with Crippen LogP contribution in [-0.4, -0.2) is 5.75 Å². The summed E-state index contributed by atoms with van der Waals surface area (Å²) in [5, 5.41) is 8.58. The first-order chi connectivity index (χ1) is 6.51. The van der Waals surface area contributed by atoms with Crippen LogP contribution in [0.4, 0.5) is 4.39 Å². The Morgan fingerprint density at radius 3 is 2.57 bits per heavy atom. The van der Waals surface area contributed by atoms with Crippen LogP contribution in [0, 0.1) is 17.1 Å². The Bertz CT molecular complexity index is 379. The molecule has 14 heavy (non-hydrogen) atoms. The van der Waals surface area contributed by atoms with Gasteiger partial charge in [0.05, 0.1) is 11.6 Å². The van der Waals surface area contributed by atoms with Crippen molar-refractivity contribution < 1.29 is 4.39 Å². The number of hydrogen-bond acceptors (Lipinski definition) is 2. The fraction of sp³-hybridized carbons (Fsp3) is 0.364. The maximum Gasteiger partial charge on any atom is 0.128 e.